The van der Waals surface area contributed by atoms with Crippen LogP contribution in [0.15, 0.2) is 18.2 Å². The van der Waals surface area contributed by atoms with Gasteiger partial charge in [0.2, 0.25) is 0 Å². The molecule has 0 unspecified atom stereocenters. The van der Waals surface area contributed by atoms with Gasteiger partial charge in [0.05, 0.1) is 11.7 Å². The second-order valence-corrected chi connectivity index (χ2v) is 9.96. The highest BCUT2D eigenvalue weighted by Gasteiger charge is 2.31. The van der Waals surface area contributed by atoms with E-state index in [1.807, 2.05) is 13.8 Å². The standard InChI is InChI=1S/C25H40N4O4/c1-16(2)26-25(31)27-20-9-10-21-22(11-20)33-15-18(4)29(13-19-7-8-19)12-17(3)23(32-6)14-28(5)24(21)30/h9-11,16-19,23H,7-8,12-15H2,1-6H3,(H2,26,27,31)/t17-,18-,23+/m0/s1. The van der Waals surface area contributed by atoms with E-state index in [1.54, 1.807) is 37.3 Å². The van der Waals surface area contributed by atoms with E-state index in [9.17, 15) is 9.59 Å². The smallest absolute Gasteiger partial charge is 0.319 e. The van der Waals surface area contributed by atoms with Crippen LogP contribution in [-0.2, 0) is 4.74 Å². The van der Waals surface area contributed by atoms with Gasteiger partial charge in [-0.05, 0) is 57.6 Å². The molecule has 8 heteroatoms. The molecule has 1 saturated carbocycles. The van der Waals surface area contributed by atoms with Crippen molar-refractivity contribution in [2.75, 3.05) is 45.7 Å². The largest absolute Gasteiger partial charge is 0.491 e. The monoisotopic (exact) mass is 460 g/mol. The maximum Gasteiger partial charge on any atom is 0.319 e. The Bertz CT molecular complexity index is 827. The third kappa shape index (κ3) is 7.08. The maximum atomic E-state index is 13.3. The molecule has 33 heavy (non-hydrogen) atoms. The number of ether oxygens (including phenoxy) is 2. The number of urea groups is 1. The molecule has 2 N–H and O–H groups in total. The van der Waals surface area contributed by atoms with Gasteiger partial charge < -0.3 is 25.0 Å². The van der Waals surface area contributed by atoms with Crippen LogP contribution in [0, 0.1) is 11.8 Å². The Morgan fingerprint density at radius 3 is 2.61 bits per heavy atom. The molecule has 1 heterocycles. The number of fused-ring (bicyclic) bond motifs is 1. The van der Waals surface area contributed by atoms with Crippen molar-refractivity contribution in [1.82, 2.24) is 15.1 Å². The topological polar surface area (TPSA) is 83.1 Å². The van der Waals surface area contributed by atoms with Gasteiger partial charge in [0.15, 0.2) is 0 Å². The molecule has 0 saturated heterocycles. The zero-order valence-electron chi connectivity index (χ0n) is 20.9. The van der Waals surface area contributed by atoms with Crippen LogP contribution < -0.4 is 15.4 Å². The number of nitrogens with zero attached hydrogens (tertiary/aromatic N) is 2. The summed E-state index contributed by atoms with van der Waals surface area (Å²) < 4.78 is 12.0. The van der Waals surface area contributed by atoms with E-state index >= 15 is 0 Å². The van der Waals surface area contributed by atoms with Gasteiger partial charge in [-0.15, -0.1) is 0 Å². The van der Waals surface area contributed by atoms with Crippen LogP contribution in [0.25, 0.3) is 0 Å². The second-order valence-electron chi connectivity index (χ2n) is 9.96. The average molecular weight is 461 g/mol. The van der Waals surface area contributed by atoms with Crippen LogP contribution in [0.2, 0.25) is 0 Å². The minimum atomic E-state index is -0.289. The van der Waals surface area contributed by atoms with Crippen molar-refractivity contribution in [2.45, 2.75) is 58.7 Å². The molecule has 8 nitrogen and oxygen atoms in total. The highest BCUT2D eigenvalue weighted by molar-refractivity contribution is 5.98. The van der Waals surface area contributed by atoms with E-state index in [-0.39, 0.29) is 36.0 Å². The normalized spacial score (nSPS) is 25.0. The summed E-state index contributed by atoms with van der Waals surface area (Å²) in [6.45, 7) is 11.1. The summed E-state index contributed by atoms with van der Waals surface area (Å²) >= 11 is 0. The summed E-state index contributed by atoms with van der Waals surface area (Å²) in [5.41, 5.74) is 1.07. The number of methoxy groups -OCH3 is 1. The SMILES string of the molecule is CO[C@@H]1CN(C)C(=O)c2ccc(NC(=O)NC(C)C)cc2OC[C@H](C)N(CC2CC2)C[C@@H]1C. The maximum absolute atomic E-state index is 13.3. The van der Waals surface area contributed by atoms with Crippen LogP contribution in [0.5, 0.6) is 5.75 Å². The Kier molecular flexibility index (Phi) is 8.59. The molecule has 3 atom stereocenters. The molecule has 0 bridgehead atoms. The van der Waals surface area contributed by atoms with E-state index < -0.39 is 0 Å². The summed E-state index contributed by atoms with van der Waals surface area (Å²) in [4.78, 5) is 29.6. The fourth-order valence-electron chi connectivity index (χ4n) is 4.24. The molecule has 2 aliphatic rings. The van der Waals surface area contributed by atoms with Crippen LogP contribution in [0.1, 0.15) is 50.9 Å². The Labute approximate surface area is 198 Å². The summed E-state index contributed by atoms with van der Waals surface area (Å²) in [7, 11) is 3.51. The molecule has 0 radical (unpaired) electrons. The van der Waals surface area contributed by atoms with E-state index in [0.29, 0.717) is 30.2 Å². The average Bonchev–Trinajstić information content (AvgIpc) is 3.57. The van der Waals surface area contributed by atoms with Crippen LogP contribution in [0.3, 0.4) is 0 Å². The zero-order chi connectivity index (χ0) is 24.1. The number of carbonyl (C=O) groups excluding carboxylic acids is 2. The molecular formula is C25H40N4O4. The molecule has 1 aromatic carbocycles. The molecule has 1 fully saturated rings. The number of nitrogens with one attached hydrogen (secondary N) is 2. The van der Waals surface area contributed by atoms with Crippen molar-refractivity contribution in [1.29, 1.82) is 0 Å². The lowest BCUT2D eigenvalue weighted by atomic mass is 10.0. The highest BCUT2D eigenvalue weighted by atomic mass is 16.5. The van der Waals surface area contributed by atoms with Gasteiger partial charge >= 0.3 is 6.03 Å². The molecule has 1 aromatic rings. The number of carbonyl (C=O) groups is 2. The lowest BCUT2D eigenvalue weighted by Crippen LogP contribution is -2.47. The third-order valence-corrected chi connectivity index (χ3v) is 6.44. The number of amides is 3. The van der Waals surface area contributed by atoms with Gasteiger partial charge in [-0.3, -0.25) is 9.69 Å². The Balaban J connectivity index is 1.88. The van der Waals surface area contributed by atoms with Crippen molar-refractivity contribution in [3.63, 3.8) is 0 Å². The lowest BCUT2D eigenvalue weighted by Gasteiger charge is -2.36. The summed E-state index contributed by atoms with van der Waals surface area (Å²) in [5, 5.41) is 5.64. The molecule has 3 rings (SSSR count). The minimum Gasteiger partial charge on any atom is -0.491 e. The fourth-order valence-corrected chi connectivity index (χ4v) is 4.24. The van der Waals surface area contributed by atoms with E-state index in [4.69, 9.17) is 9.47 Å². The highest BCUT2D eigenvalue weighted by Crippen LogP contribution is 2.32. The molecule has 1 aliphatic carbocycles. The van der Waals surface area contributed by atoms with Crippen molar-refractivity contribution >= 4 is 17.6 Å². The number of likely N-dealkylation sites (N-methyl/N-ethyl adjacent to an activating group) is 1. The Morgan fingerprint density at radius 1 is 1.24 bits per heavy atom. The summed E-state index contributed by atoms with van der Waals surface area (Å²) in [6, 6.07) is 5.12. The molecule has 0 aromatic heterocycles. The van der Waals surface area contributed by atoms with Crippen LogP contribution in [-0.4, -0.2) is 80.3 Å². The summed E-state index contributed by atoms with van der Waals surface area (Å²) in [5.74, 6) is 1.40. The van der Waals surface area contributed by atoms with Gasteiger partial charge in [-0.1, -0.05) is 6.92 Å². The van der Waals surface area contributed by atoms with Crippen molar-refractivity contribution < 1.29 is 19.1 Å². The fraction of sp³-hybridized carbons (Fsp3) is 0.680. The summed E-state index contributed by atoms with van der Waals surface area (Å²) in [6.07, 6.45) is 2.52. The van der Waals surface area contributed by atoms with Gasteiger partial charge in [0.25, 0.3) is 5.91 Å². The van der Waals surface area contributed by atoms with Crippen LogP contribution in [0.4, 0.5) is 10.5 Å². The molecular weight excluding hydrogens is 420 g/mol. The first-order valence-electron chi connectivity index (χ1n) is 12.0. The quantitative estimate of drug-likeness (QED) is 0.703. The zero-order valence-corrected chi connectivity index (χ0v) is 20.9. The van der Waals surface area contributed by atoms with Gasteiger partial charge in [0.1, 0.15) is 12.4 Å². The first kappa shape index (κ1) is 25.3. The number of benzene rings is 1. The number of anilines is 1. The van der Waals surface area contributed by atoms with E-state index in [1.165, 1.54) is 12.8 Å². The third-order valence-electron chi connectivity index (χ3n) is 6.44. The second kappa shape index (κ2) is 11.2. The first-order valence-corrected chi connectivity index (χ1v) is 12.0. The Hall–Kier alpha value is -2.32. The van der Waals surface area contributed by atoms with Gasteiger partial charge in [-0.2, -0.15) is 0 Å². The van der Waals surface area contributed by atoms with Crippen molar-refractivity contribution in [3.8, 4) is 5.75 Å². The molecule has 1 aliphatic heterocycles. The molecule has 0 spiro atoms. The van der Waals surface area contributed by atoms with Crippen molar-refractivity contribution in [2.24, 2.45) is 11.8 Å². The molecule has 3 amide bonds. The lowest BCUT2D eigenvalue weighted by molar-refractivity contribution is 0.00994. The van der Waals surface area contributed by atoms with E-state index in [2.05, 4.69) is 29.4 Å². The number of hydrogen-bond donors (Lipinski definition) is 2. The number of hydrogen-bond acceptors (Lipinski definition) is 5. The van der Waals surface area contributed by atoms with Crippen LogP contribution >= 0.6 is 0 Å². The van der Waals surface area contributed by atoms with Gasteiger partial charge in [-0.25, -0.2) is 4.79 Å². The van der Waals surface area contributed by atoms with Crippen molar-refractivity contribution in [3.05, 3.63) is 23.8 Å². The van der Waals surface area contributed by atoms with E-state index in [0.717, 1.165) is 19.0 Å². The predicted molar refractivity (Wildman–Crippen MR) is 130 cm³/mol. The minimum absolute atomic E-state index is 0.0233. The first-order chi connectivity index (χ1) is 15.7. The number of rotatable bonds is 5. The van der Waals surface area contributed by atoms with Gasteiger partial charge in [0, 0.05) is 57.6 Å². The Morgan fingerprint density at radius 2 is 1.97 bits per heavy atom. The predicted octanol–water partition coefficient (Wildman–Crippen LogP) is 3.43. The molecule has 184 valence electrons.